The van der Waals surface area contributed by atoms with Crippen molar-refractivity contribution in [2.75, 3.05) is 5.06 Å². The number of ether oxygens (including phenoxy) is 2. The zero-order chi connectivity index (χ0) is 42.1. The lowest BCUT2D eigenvalue weighted by Gasteiger charge is -2.64. The van der Waals surface area contributed by atoms with Crippen molar-refractivity contribution in [2.45, 2.75) is 47.2 Å². The third-order valence-corrected chi connectivity index (χ3v) is 8.29. The highest BCUT2D eigenvalue weighted by molar-refractivity contribution is 9.10. The monoisotopic (exact) mass is 858 g/mol. The van der Waals surface area contributed by atoms with E-state index in [-0.39, 0.29) is 0 Å². The average Bonchev–Trinajstić information content (AvgIpc) is 2.99. The van der Waals surface area contributed by atoms with Gasteiger partial charge in [-0.3, -0.25) is 5.21 Å². The zero-order valence-corrected chi connectivity index (χ0v) is 26.7. The maximum atomic E-state index is 15.0. The van der Waals surface area contributed by atoms with Gasteiger partial charge in [0, 0.05) is 0 Å². The fourth-order valence-corrected chi connectivity index (χ4v) is 5.43. The van der Waals surface area contributed by atoms with Crippen LogP contribution in [-0.2, 0) is 0 Å². The summed E-state index contributed by atoms with van der Waals surface area (Å²) in [5.74, 6) is -45.9. The maximum absolute atomic E-state index is 15.0. The Labute approximate surface area is 298 Å². The number of benzene rings is 2. The van der Waals surface area contributed by atoms with E-state index in [9.17, 15) is 122 Å². The van der Waals surface area contributed by atoms with Gasteiger partial charge < -0.3 is 127 Å². The number of rotatable bonds is 8. The zero-order valence-electron chi connectivity index (χ0n) is 25.1. The predicted octanol–water partition coefficient (Wildman–Crippen LogP) is -9.86. The van der Waals surface area contributed by atoms with Crippen LogP contribution in [0.15, 0.2) is 9.27 Å². The number of aliphatic hydroxyl groups is 17. The quantitative estimate of drug-likeness (QED) is 0.0433. The lowest BCUT2D eigenvalue weighted by molar-refractivity contribution is -0.665. The second kappa shape index (κ2) is 12.1. The standard InChI is InChI=1S/C22H24BrFN4O26/c23-2-7(30)3(24)5(10(33)8(2)31)27(52)13-1-4(25-14(34)26-13)9(32)12(11(6(1)29)54-22(49,50)51)53-20(44,45)15(35)16(36,37)18(40,41)28(21(46,47)48)19(42,43)17(15,38)39/h29-33,35-52H,(H,25,26,34). The summed E-state index contributed by atoms with van der Waals surface area (Å²) in [7, 11) is 0. The van der Waals surface area contributed by atoms with Crippen LogP contribution in [0, 0.1) is 5.82 Å². The van der Waals surface area contributed by atoms with Gasteiger partial charge in [0.15, 0.2) is 46.1 Å². The van der Waals surface area contributed by atoms with Gasteiger partial charge >= 0.3 is 23.9 Å². The molecular weight excluding hydrogens is 835 g/mol. The van der Waals surface area contributed by atoms with Crippen LogP contribution in [0.4, 0.5) is 15.9 Å². The highest BCUT2D eigenvalue weighted by atomic mass is 79.9. The molecule has 0 bridgehead atoms. The van der Waals surface area contributed by atoms with E-state index in [2.05, 4.69) is 30.4 Å². The minimum Gasteiger partial charge on any atom is -0.504 e. The Kier molecular flexibility index (Phi) is 9.47. The molecule has 0 saturated carbocycles. The molecular formula is C22H24BrFN4O26. The highest BCUT2D eigenvalue weighted by Crippen LogP contribution is 2.59. The Bertz CT molecular complexity index is 2030. The first-order chi connectivity index (χ1) is 24.0. The summed E-state index contributed by atoms with van der Waals surface area (Å²) in [6.07, 6.45) is -9.94. The van der Waals surface area contributed by atoms with E-state index in [1.807, 2.05) is 0 Å². The Morgan fingerprint density at radius 3 is 1.63 bits per heavy atom. The van der Waals surface area contributed by atoms with E-state index < -0.39 is 136 Å². The van der Waals surface area contributed by atoms with Crippen molar-refractivity contribution in [1.82, 2.24) is 14.9 Å². The number of nitrogens with zero attached hydrogens (tertiary/aromatic N) is 3. The third kappa shape index (κ3) is 5.55. The number of H-pyrrole nitrogens is 1. The number of likely N-dealkylation sites (tertiary alicyclic amines) is 1. The van der Waals surface area contributed by atoms with Crippen LogP contribution in [0.5, 0.6) is 40.2 Å². The number of nitrogens with one attached hydrogen (secondary N) is 1. The summed E-state index contributed by atoms with van der Waals surface area (Å²) < 4.78 is 22.4. The molecule has 1 fully saturated rings. The van der Waals surface area contributed by atoms with Crippen LogP contribution in [-0.4, -0.2) is 180 Å². The second-order valence-corrected chi connectivity index (χ2v) is 11.7. The molecule has 1 saturated heterocycles. The molecule has 2 aromatic carbocycles. The number of hydrogen-bond donors (Lipinski definition) is 24. The van der Waals surface area contributed by atoms with Crippen LogP contribution in [0.1, 0.15) is 0 Å². The van der Waals surface area contributed by atoms with Gasteiger partial charge in [0.2, 0.25) is 11.5 Å². The average molecular weight is 859 g/mol. The molecule has 1 aliphatic rings. The van der Waals surface area contributed by atoms with E-state index in [1.54, 1.807) is 0 Å². The Morgan fingerprint density at radius 2 is 1.19 bits per heavy atom. The summed E-state index contributed by atoms with van der Waals surface area (Å²) in [5.41, 5.74) is -11.1. The van der Waals surface area contributed by atoms with Gasteiger partial charge in [0.25, 0.3) is 29.0 Å². The van der Waals surface area contributed by atoms with Crippen molar-refractivity contribution in [3.63, 3.8) is 0 Å². The molecule has 0 atom stereocenters. The van der Waals surface area contributed by atoms with E-state index in [0.29, 0.717) is 0 Å². The molecule has 32 heteroatoms. The first-order valence-corrected chi connectivity index (χ1v) is 13.9. The molecule has 0 spiro atoms. The van der Waals surface area contributed by atoms with Gasteiger partial charge in [-0.25, -0.2) is 9.18 Å². The molecule has 54 heavy (non-hydrogen) atoms. The molecule has 0 unspecified atom stereocenters. The number of aromatic amines is 1. The summed E-state index contributed by atoms with van der Waals surface area (Å²) in [5, 5.41) is 233. The second-order valence-electron chi connectivity index (χ2n) is 11.0. The first-order valence-electron chi connectivity index (χ1n) is 13.1. The molecule has 0 amide bonds. The van der Waals surface area contributed by atoms with Gasteiger partial charge in [-0.05, 0) is 15.9 Å². The van der Waals surface area contributed by atoms with Crippen molar-refractivity contribution >= 4 is 38.3 Å². The Balaban J connectivity index is 2.11. The molecule has 2 heterocycles. The molecule has 1 aromatic heterocycles. The predicted molar refractivity (Wildman–Crippen MR) is 151 cm³/mol. The number of piperidine rings is 1. The molecule has 24 N–H and O–H groups in total. The highest BCUT2D eigenvalue weighted by Gasteiger charge is 2.93. The Morgan fingerprint density at radius 1 is 0.722 bits per heavy atom. The summed E-state index contributed by atoms with van der Waals surface area (Å²) in [6.45, 7) is 0. The van der Waals surface area contributed by atoms with Crippen molar-refractivity contribution in [1.29, 1.82) is 0 Å². The van der Waals surface area contributed by atoms with Crippen LogP contribution >= 0.6 is 15.9 Å². The number of aromatic hydroxyl groups is 5. The molecule has 4 rings (SSSR count). The fraction of sp³-hybridized carbons (Fsp3) is 0.364. The molecule has 30 nitrogen and oxygen atoms in total. The number of phenolic OH excluding ortho intramolecular Hbond substituents is 5. The van der Waals surface area contributed by atoms with Gasteiger partial charge in [0.1, 0.15) is 9.99 Å². The van der Waals surface area contributed by atoms with E-state index >= 15 is 4.39 Å². The summed E-state index contributed by atoms with van der Waals surface area (Å²) in [4.78, 5) is 15.1. The summed E-state index contributed by atoms with van der Waals surface area (Å²) in [6, 6.07) is 0. The Hall–Kier alpha value is -4.37. The number of anilines is 2. The third-order valence-electron chi connectivity index (χ3n) is 7.54. The number of aromatic nitrogens is 2. The SMILES string of the molecule is O=c1nc(N(O)c2c(O)c(O)c(Br)c(O)c2F)c2c(O)c(OC(O)(O)O)c(OC(O)(O)C3(O)C(O)(O)C(O)(O)N(C(O)(O)O)C(O)(O)C3(O)O)c(O)c2[nH]1. The van der Waals surface area contributed by atoms with Gasteiger partial charge in [-0.2, -0.15) is 10.0 Å². The van der Waals surface area contributed by atoms with Crippen LogP contribution in [0.3, 0.4) is 0 Å². The maximum Gasteiger partial charge on any atom is 0.453 e. The van der Waals surface area contributed by atoms with Crippen molar-refractivity contribution in [3.05, 3.63) is 20.8 Å². The molecule has 1 aliphatic heterocycles. The van der Waals surface area contributed by atoms with E-state index in [0.717, 1.165) is 0 Å². The van der Waals surface area contributed by atoms with Gasteiger partial charge in [-0.1, -0.05) is 0 Å². The minimum atomic E-state index is -5.94. The molecule has 0 radical (unpaired) electrons. The largest absolute Gasteiger partial charge is 0.504 e. The molecule has 302 valence electrons. The van der Waals surface area contributed by atoms with Gasteiger partial charge in [-0.15, -0.1) is 4.90 Å². The smallest absolute Gasteiger partial charge is 0.453 e. The molecule has 3 aromatic rings. The number of hydrogen-bond acceptors (Lipinski definition) is 29. The van der Waals surface area contributed by atoms with Crippen molar-refractivity contribution in [3.8, 4) is 40.2 Å². The minimum absolute atomic E-state index is 0.772. The molecule has 0 aliphatic carbocycles. The first kappa shape index (κ1) is 42.4. The number of fused-ring (bicyclic) bond motifs is 1. The van der Waals surface area contributed by atoms with Crippen LogP contribution in [0.2, 0.25) is 0 Å². The topological polar surface area (TPSA) is 536 Å². The summed E-state index contributed by atoms with van der Waals surface area (Å²) >= 11 is 2.47. The van der Waals surface area contributed by atoms with E-state index in [4.69, 9.17) is 0 Å². The normalized spacial score (nSPS) is 19.5. The lowest BCUT2D eigenvalue weighted by atomic mass is 9.72. The van der Waals surface area contributed by atoms with E-state index in [1.165, 1.54) is 4.98 Å². The van der Waals surface area contributed by atoms with Crippen molar-refractivity contribution in [2.24, 2.45) is 0 Å². The number of phenols is 5. The van der Waals surface area contributed by atoms with Crippen LogP contribution in [0.25, 0.3) is 10.9 Å². The van der Waals surface area contributed by atoms with Gasteiger partial charge in [0.05, 0.1) is 5.39 Å². The number of halogens is 2. The van der Waals surface area contributed by atoms with Crippen LogP contribution < -0.4 is 20.2 Å². The van der Waals surface area contributed by atoms with Crippen molar-refractivity contribution < 1.29 is 131 Å². The lowest BCUT2D eigenvalue weighted by Crippen LogP contribution is -2.99. The fourth-order valence-electron chi connectivity index (χ4n) is 5.07.